The molecule has 0 radical (unpaired) electrons. The second kappa shape index (κ2) is 9.43. The Morgan fingerprint density at radius 3 is 2.66 bits per heavy atom. The number of nitrogens with zero attached hydrogens (tertiary/aromatic N) is 2. The van der Waals surface area contributed by atoms with Crippen LogP contribution in [0.2, 0.25) is 5.02 Å². The van der Waals surface area contributed by atoms with Crippen molar-refractivity contribution >= 4 is 23.7 Å². The third-order valence-corrected chi connectivity index (χ3v) is 4.96. The lowest BCUT2D eigenvalue weighted by Crippen LogP contribution is -2.17. The first-order valence-corrected chi connectivity index (χ1v) is 9.76. The summed E-state index contributed by atoms with van der Waals surface area (Å²) in [5.41, 5.74) is 7.50. The third-order valence-electron chi connectivity index (χ3n) is 4.73. The van der Waals surface area contributed by atoms with Crippen LogP contribution in [0.25, 0.3) is 5.69 Å². The van der Waals surface area contributed by atoms with Gasteiger partial charge >= 0.3 is 0 Å². The fourth-order valence-corrected chi connectivity index (χ4v) is 3.43. The van der Waals surface area contributed by atoms with Gasteiger partial charge in [0.05, 0.1) is 19.0 Å². The molecule has 0 saturated heterocycles. The Hall–Kier alpha value is -3.05. The summed E-state index contributed by atoms with van der Waals surface area (Å²) >= 11 is 6.18. The monoisotopic (exact) mass is 409 g/mol. The smallest absolute Gasteiger partial charge is 0.240 e. The van der Waals surface area contributed by atoms with E-state index in [-0.39, 0.29) is 5.91 Å². The maximum Gasteiger partial charge on any atom is 0.240 e. The summed E-state index contributed by atoms with van der Waals surface area (Å²) in [7, 11) is 1.63. The van der Waals surface area contributed by atoms with Crippen molar-refractivity contribution in [3.63, 3.8) is 0 Å². The maximum absolute atomic E-state index is 12.0. The zero-order chi connectivity index (χ0) is 20.8. The molecule has 0 bridgehead atoms. The second-order valence-electron chi connectivity index (χ2n) is 6.76. The van der Waals surface area contributed by atoms with Gasteiger partial charge in [-0.25, -0.2) is 5.43 Å². The third kappa shape index (κ3) is 5.06. The number of hydrogen-bond donors (Lipinski definition) is 1. The number of rotatable bonds is 7. The second-order valence-corrected chi connectivity index (χ2v) is 7.19. The minimum absolute atomic E-state index is 0.115. The lowest BCUT2D eigenvalue weighted by molar-refractivity contribution is -0.121. The Morgan fingerprint density at radius 1 is 1.17 bits per heavy atom. The minimum atomic E-state index is -0.115. The first-order valence-electron chi connectivity index (χ1n) is 9.38. The Balaban J connectivity index is 1.70. The van der Waals surface area contributed by atoms with Gasteiger partial charge in [0.2, 0.25) is 5.91 Å². The quantitative estimate of drug-likeness (QED) is 0.448. The Bertz CT molecular complexity index is 1030. The van der Waals surface area contributed by atoms with Crippen LogP contribution < -0.4 is 10.2 Å². The summed E-state index contributed by atoms with van der Waals surface area (Å²) in [4.78, 5) is 12.0. The molecule has 1 heterocycles. The highest BCUT2D eigenvalue weighted by Gasteiger charge is 2.14. The average Bonchev–Trinajstić information content (AvgIpc) is 3.00. The van der Waals surface area contributed by atoms with E-state index in [9.17, 15) is 4.79 Å². The minimum Gasteiger partial charge on any atom is -0.495 e. The molecule has 0 aliphatic heterocycles. The van der Waals surface area contributed by atoms with E-state index >= 15 is 0 Å². The van der Waals surface area contributed by atoms with Gasteiger partial charge in [-0.05, 0) is 50.1 Å². The molecule has 0 aliphatic carbocycles. The number of hydrazone groups is 1. The van der Waals surface area contributed by atoms with Crippen molar-refractivity contribution in [2.24, 2.45) is 5.10 Å². The van der Waals surface area contributed by atoms with Crippen LogP contribution in [0.3, 0.4) is 0 Å². The van der Waals surface area contributed by atoms with Crippen LogP contribution >= 0.6 is 11.6 Å². The maximum atomic E-state index is 12.0. The van der Waals surface area contributed by atoms with Crippen LogP contribution in [-0.4, -0.2) is 23.8 Å². The molecule has 0 saturated carbocycles. The largest absolute Gasteiger partial charge is 0.495 e. The summed E-state index contributed by atoms with van der Waals surface area (Å²) in [6.45, 7) is 4.00. The predicted molar refractivity (Wildman–Crippen MR) is 117 cm³/mol. The van der Waals surface area contributed by atoms with Crippen LogP contribution in [0, 0.1) is 13.8 Å². The number of aryl methyl sites for hydroxylation is 2. The van der Waals surface area contributed by atoms with Gasteiger partial charge in [-0.1, -0.05) is 41.9 Å². The number of methoxy groups -OCH3 is 1. The number of nitrogens with one attached hydrogen (secondary N) is 1. The van der Waals surface area contributed by atoms with E-state index in [1.54, 1.807) is 19.4 Å². The van der Waals surface area contributed by atoms with Gasteiger partial charge in [0.15, 0.2) is 0 Å². The highest BCUT2D eigenvalue weighted by atomic mass is 35.5. The van der Waals surface area contributed by atoms with Crippen molar-refractivity contribution in [2.75, 3.05) is 7.11 Å². The van der Waals surface area contributed by atoms with Gasteiger partial charge in [0.1, 0.15) is 5.75 Å². The standard InChI is InChI=1S/C23H24ClN3O2/c1-16-13-19(15-25-26-23(28)12-9-18-7-5-4-6-8-18)17(2)27(16)21-14-20(24)10-11-22(21)29-3/h4-8,10-11,13-15H,9,12H2,1-3H3,(H,26,28)/b25-15-. The number of aromatic nitrogens is 1. The molecule has 0 atom stereocenters. The normalized spacial score (nSPS) is 11.0. The van der Waals surface area contributed by atoms with Crippen molar-refractivity contribution in [3.8, 4) is 11.4 Å². The topological polar surface area (TPSA) is 55.6 Å². The van der Waals surface area contributed by atoms with E-state index in [1.807, 2.05) is 62.4 Å². The number of carbonyl (C=O) groups is 1. The fraction of sp³-hybridized carbons (Fsp3) is 0.217. The molecule has 0 unspecified atom stereocenters. The van der Waals surface area contributed by atoms with E-state index in [0.717, 1.165) is 34.0 Å². The molecular formula is C23H24ClN3O2. The summed E-state index contributed by atoms with van der Waals surface area (Å²) in [6, 6.07) is 17.4. The molecule has 2 aromatic carbocycles. The van der Waals surface area contributed by atoms with Gasteiger partial charge < -0.3 is 9.30 Å². The summed E-state index contributed by atoms with van der Waals surface area (Å²) in [6.07, 6.45) is 2.74. The molecule has 150 valence electrons. The molecule has 0 aliphatic rings. The highest BCUT2D eigenvalue weighted by molar-refractivity contribution is 6.30. The number of amides is 1. The molecule has 1 N–H and O–H groups in total. The summed E-state index contributed by atoms with van der Waals surface area (Å²) < 4.78 is 7.54. The first kappa shape index (κ1) is 20.7. The summed E-state index contributed by atoms with van der Waals surface area (Å²) in [5, 5.41) is 4.76. The van der Waals surface area contributed by atoms with Crippen molar-refractivity contribution < 1.29 is 9.53 Å². The van der Waals surface area contributed by atoms with E-state index in [0.29, 0.717) is 17.9 Å². The van der Waals surface area contributed by atoms with Gasteiger partial charge in [-0.15, -0.1) is 0 Å². The van der Waals surface area contributed by atoms with Crippen LogP contribution in [0.15, 0.2) is 59.7 Å². The van der Waals surface area contributed by atoms with Gasteiger partial charge in [0, 0.05) is 28.4 Å². The number of carbonyl (C=O) groups excluding carboxylic acids is 1. The molecule has 5 nitrogen and oxygen atoms in total. The molecule has 29 heavy (non-hydrogen) atoms. The lowest BCUT2D eigenvalue weighted by Gasteiger charge is -2.14. The lowest BCUT2D eigenvalue weighted by atomic mass is 10.1. The van der Waals surface area contributed by atoms with Crippen molar-refractivity contribution in [1.29, 1.82) is 0 Å². The molecule has 3 rings (SSSR count). The van der Waals surface area contributed by atoms with Crippen LogP contribution in [-0.2, 0) is 11.2 Å². The van der Waals surface area contributed by atoms with E-state index in [4.69, 9.17) is 16.3 Å². The number of benzene rings is 2. The highest BCUT2D eigenvalue weighted by Crippen LogP contribution is 2.30. The Morgan fingerprint density at radius 2 is 1.93 bits per heavy atom. The number of ether oxygens (including phenoxy) is 1. The molecular weight excluding hydrogens is 386 g/mol. The van der Waals surface area contributed by atoms with Crippen molar-refractivity contribution in [3.05, 3.63) is 82.1 Å². The molecule has 1 amide bonds. The SMILES string of the molecule is COc1ccc(Cl)cc1-n1c(C)cc(/C=N\NC(=O)CCc2ccccc2)c1C. The van der Waals surface area contributed by atoms with Crippen LogP contribution in [0.4, 0.5) is 0 Å². The average molecular weight is 410 g/mol. The van der Waals surface area contributed by atoms with E-state index in [1.165, 1.54) is 0 Å². The number of halogens is 1. The molecule has 1 aromatic heterocycles. The molecule has 6 heteroatoms. The Labute approximate surface area is 176 Å². The van der Waals surface area contributed by atoms with Crippen LogP contribution in [0.5, 0.6) is 5.75 Å². The number of hydrogen-bond acceptors (Lipinski definition) is 3. The van der Waals surface area contributed by atoms with E-state index < -0.39 is 0 Å². The summed E-state index contributed by atoms with van der Waals surface area (Å²) in [5.74, 6) is 0.615. The Kier molecular flexibility index (Phi) is 6.73. The van der Waals surface area contributed by atoms with Crippen molar-refractivity contribution in [1.82, 2.24) is 9.99 Å². The van der Waals surface area contributed by atoms with Gasteiger partial charge in [-0.2, -0.15) is 5.10 Å². The van der Waals surface area contributed by atoms with Gasteiger partial charge in [-0.3, -0.25) is 4.79 Å². The zero-order valence-corrected chi connectivity index (χ0v) is 17.5. The molecule has 0 fully saturated rings. The predicted octanol–water partition coefficient (Wildman–Crippen LogP) is 4.84. The molecule has 3 aromatic rings. The van der Waals surface area contributed by atoms with Crippen molar-refractivity contribution in [2.45, 2.75) is 26.7 Å². The molecule has 0 spiro atoms. The van der Waals surface area contributed by atoms with Gasteiger partial charge in [0.25, 0.3) is 0 Å². The fourth-order valence-electron chi connectivity index (χ4n) is 3.26. The van der Waals surface area contributed by atoms with Crippen LogP contribution in [0.1, 0.15) is 28.9 Å². The zero-order valence-electron chi connectivity index (χ0n) is 16.8. The first-order chi connectivity index (χ1) is 14.0. The van der Waals surface area contributed by atoms with E-state index in [2.05, 4.69) is 15.1 Å².